The van der Waals surface area contributed by atoms with Crippen LogP contribution in [0.15, 0.2) is 22.5 Å². The maximum Gasteiger partial charge on any atom is 0.0651 e. The minimum atomic E-state index is 0.278. The van der Waals surface area contributed by atoms with E-state index in [9.17, 15) is 0 Å². The highest BCUT2D eigenvalue weighted by molar-refractivity contribution is 7.11. The van der Waals surface area contributed by atoms with Crippen LogP contribution in [0.2, 0.25) is 0 Å². The van der Waals surface area contributed by atoms with Crippen LogP contribution in [0.1, 0.15) is 30.6 Å². The number of nitrogens with zero attached hydrogens (tertiary/aromatic N) is 1. The summed E-state index contributed by atoms with van der Waals surface area (Å²) in [6, 6.07) is 4.76. The van der Waals surface area contributed by atoms with Gasteiger partial charge in [0.1, 0.15) is 0 Å². The molecule has 76 valence electrons. The van der Waals surface area contributed by atoms with E-state index in [0.29, 0.717) is 6.04 Å². The Morgan fingerprint density at radius 1 is 1.43 bits per heavy atom. The van der Waals surface area contributed by atoms with Crippen molar-refractivity contribution >= 4 is 17.6 Å². The van der Waals surface area contributed by atoms with Crippen molar-refractivity contribution in [3.8, 4) is 0 Å². The summed E-state index contributed by atoms with van der Waals surface area (Å²) in [5, 5.41) is 2.07. The molecule has 1 aromatic heterocycles. The van der Waals surface area contributed by atoms with Crippen LogP contribution in [-0.4, -0.2) is 18.3 Å². The third kappa shape index (κ3) is 2.42. The fraction of sp³-hybridized carbons (Fsp3) is 0.545. The summed E-state index contributed by atoms with van der Waals surface area (Å²) in [7, 11) is 0. The number of hydrogen-bond donors (Lipinski definition) is 1. The first-order valence-electron chi connectivity index (χ1n) is 5.18. The van der Waals surface area contributed by atoms with Crippen molar-refractivity contribution in [1.29, 1.82) is 0 Å². The summed E-state index contributed by atoms with van der Waals surface area (Å²) in [5.41, 5.74) is 6.01. The molecule has 1 aliphatic rings. The summed E-state index contributed by atoms with van der Waals surface area (Å²) in [5.74, 6) is 0. The summed E-state index contributed by atoms with van der Waals surface area (Å²) < 4.78 is 0. The standard InChI is InChI=1S/C11H16N2S/c12-10-5-1-2-6-11(10)13-8-9-4-3-7-14-9/h3-4,7-8,10-11H,1-2,5-6,12H2/t10-,11-/m1/s1. The topological polar surface area (TPSA) is 38.4 Å². The van der Waals surface area contributed by atoms with Crippen molar-refractivity contribution in [1.82, 2.24) is 0 Å². The molecule has 1 fully saturated rings. The van der Waals surface area contributed by atoms with Gasteiger partial charge in [-0.25, -0.2) is 0 Å². The minimum Gasteiger partial charge on any atom is -0.326 e. The Morgan fingerprint density at radius 2 is 2.29 bits per heavy atom. The van der Waals surface area contributed by atoms with Gasteiger partial charge in [0.15, 0.2) is 0 Å². The van der Waals surface area contributed by atoms with E-state index in [2.05, 4.69) is 16.4 Å². The Kier molecular flexibility index (Phi) is 3.32. The van der Waals surface area contributed by atoms with Crippen LogP contribution in [0, 0.1) is 0 Å². The van der Waals surface area contributed by atoms with Crippen LogP contribution in [0.3, 0.4) is 0 Å². The number of hydrogen-bond acceptors (Lipinski definition) is 3. The highest BCUT2D eigenvalue weighted by atomic mass is 32.1. The highest BCUT2D eigenvalue weighted by Crippen LogP contribution is 2.19. The predicted octanol–water partition coefficient (Wildman–Crippen LogP) is 2.44. The van der Waals surface area contributed by atoms with Gasteiger partial charge in [-0.3, -0.25) is 4.99 Å². The van der Waals surface area contributed by atoms with Gasteiger partial charge in [0, 0.05) is 17.1 Å². The smallest absolute Gasteiger partial charge is 0.0651 e. The van der Waals surface area contributed by atoms with Crippen molar-refractivity contribution in [3.63, 3.8) is 0 Å². The lowest BCUT2D eigenvalue weighted by atomic mass is 9.91. The molecule has 0 amide bonds. The molecule has 1 aromatic rings. The van der Waals surface area contributed by atoms with Gasteiger partial charge in [0.2, 0.25) is 0 Å². The largest absolute Gasteiger partial charge is 0.326 e. The first-order chi connectivity index (χ1) is 6.86. The molecule has 2 rings (SSSR count). The molecule has 0 unspecified atom stereocenters. The van der Waals surface area contributed by atoms with Crippen molar-refractivity contribution in [2.24, 2.45) is 10.7 Å². The van der Waals surface area contributed by atoms with E-state index in [-0.39, 0.29) is 6.04 Å². The molecule has 0 aliphatic heterocycles. The van der Waals surface area contributed by atoms with Gasteiger partial charge in [0.05, 0.1) is 6.04 Å². The van der Waals surface area contributed by atoms with Crippen molar-refractivity contribution in [2.75, 3.05) is 0 Å². The molecule has 2 N–H and O–H groups in total. The molecule has 1 heterocycles. The van der Waals surface area contributed by atoms with Crippen LogP contribution in [-0.2, 0) is 0 Å². The van der Waals surface area contributed by atoms with Crippen LogP contribution >= 0.6 is 11.3 Å². The van der Waals surface area contributed by atoms with Gasteiger partial charge < -0.3 is 5.73 Å². The molecule has 0 aromatic carbocycles. The number of rotatable bonds is 2. The highest BCUT2D eigenvalue weighted by Gasteiger charge is 2.19. The van der Waals surface area contributed by atoms with Gasteiger partial charge >= 0.3 is 0 Å². The van der Waals surface area contributed by atoms with Crippen LogP contribution < -0.4 is 5.73 Å². The second-order valence-corrected chi connectivity index (χ2v) is 4.79. The van der Waals surface area contributed by atoms with Gasteiger partial charge in [-0.05, 0) is 24.3 Å². The lowest BCUT2D eigenvalue weighted by Crippen LogP contribution is -2.36. The van der Waals surface area contributed by atoms with Gasteiger partial charge in [0.25, 0.3) is 0 Å². The molecule has 2 nitrogen and oxygen atoms in total. The lowest BCUT2D eigenvalue weighted by Gasteiger charge is -2.24. The third-order valence-electron chi connectivity index (χ3n) is 2.72. The molecule has 1 saturated carbocycles. The molecule has 0 bridgehead atoms. The lowest BCUT2D eigenvalue weighted by molar-refractivity contribution is 0.387. The van der Waals surface area contributed by atoms with Crippen LogP contribution in [0.5, 0.6) is 0 Å². The second kappa shape index (κ2) is 4.71. The number of nitrogens with two attached hydrogens (primary N) is 1. The zero-order valence-electron chi connectivity index (χ0n) is 8.23. The summed E-state index contributed by atoms with van der Waals surface area (Å²) in [6.45, 7) is 0. The number of aliphatic imine (C=N–C) groups is 1. The van der Waals surface area contributed by atoms with E-state index in [0.717, 1.165) is 12.8 Å². The van der Waals surface area contributed by atoms with Gasteiger partial charge in [-0.1, -0.05) is 18.9 Å². The molecule has 3 heteroatoms. The fourth-order valence-corrected chi connectivity index (χ4v) is 2.45. The Labute approximate surface area is 88.9 Å². The van der Waals surface area contributed by atoms with E-state index in [1.54, 1.807) is 11.3 Å². The molecule has 0 radical (unpaired) electrons. The normalized spacial score (nSPS) is 28.4. The summed E-state index contributed by atoms with van der Waals surface area (Å²) in [4.78, 5) is 5.79. The Bertz CT molecular complexity index is 292. The van der Waals surface area contributed by atoms with Crippen molar-refractivity contribution in [2.45, 2.75) is 37.8 Å². The van der Waals surface area contributed by atoms with E-state index < -0.39 is 0 Å². The first-order valence-corrected chi connectivity index (χ1v) is 6.06. The van der Waals surface area contributed by atoms with Crippen molar-refractivity contribution in [3.05, 3.63) is 22.4 Å². The zero-order chi connectivity index (χ0) is 9.80. The molecular formula is C11H16N2S. The predicted molar refractivity (Wildman–Crippen MR) is 62.1 cm³/mol. The molecule has 0 saturated heterocycles. The van der Waals surface area contributed by atoms with E-state index in [1.807, 2.05) is 12.3 Å². The summed E-state index contributed by atoms with van der Waals surface area (Å²) in [6.07, 6.45) is 6.81. The van der Waals surface area contributed by atoms with Crippen LogP contribution in [0.25, 0.3) is 0 Å². The Hall–Kier alpha value is -0.670. The maximum absolute atomic E-state index is 6.01. The molecule has 2 atom stereocenters. The van der Waals surface area contributed by atoms with Gasteiger partial charge in [-0.15, -0.1) is 11.3 Å². The van der Waals surface area contributed by atoms with Gasteiger partial charge in [-0.2, -0.15) is 0 Å². The average molecular weight is 208 g/mol. The molecule has 14 heavy (non-hydrogen) atoms. The Balaban J connectivity index is 1.95. The average Bonchev–Trinajstić information content (AvgIpc) is 2.69. The van der Waals surface area contributed by atoms with E-state index in [4.69, 9.17) is 5.73 Å². The Morgan fingerprint density at radius 3 is 3.00 bits per heavy atom. The van der Waals surface area contributed by atoms with Crippen molar-refractivity contribution < 1.29 is 0 Å². The minimum absolute atomic E-state index is 0.278. The van der Waals surface area contributed by atoms with E-state index in [1.165, 1.54) is 17.7 Å². The molecular weight excluding hydrogens is 192 g/mol. The van der Waals surface area contributed by atoms with Crippen LogP contribution in [0.4, 0.5) is 0 Å². The fourth-order valence-electron chi connectivity index (χ4n) is 1.86. The second-order valence-electron chi connectivity index (χ2n) is 3.81. The first kappa shape index (κ1) is 9.87. The SMILES string of the molecule is N[C@@H]1CCCC[C@H]1N=Cc1cccs1. The maximum atomic E-state index is 6.01. The molecule has 0 spiro atoms. The third-order valence-corrected chi connectivity index (χ3v) is 3.52. The quantitative estimate of drug-likeness (QED) is 0.745. The molecule has 1 aliphatic carbocycles. The van der Waals surface area contributed by atoms with E-state index >= 15 is 0 Å². The monoisotopic (exact) mass is 208 g/mol. The number of thiophene rings is 1. The summed E-state index contributed by atoms with van der Waals surface area (Å²) >= 11 is 1.72. The zero-order valence-corrected chi connectivity index (χ0v) is 9.04.